The second-order valence-electron chi connectivity index (χ2n) is 17.0. The van der Waals surface area contributed by atoms with Crippen LogP contribution in [0.15, 0.2) is 182 Å². The average molecular weight is 841 g/mol. The Morgan fingerprint density at radius 2 is 1.24 bits per heavy atom. The lowest BCUT2D eigenvalue weighted by molar-refractivity contribution is 0.714. The third-order valence-electron chi connectivity index (χ3n) is 13.8. The van der Waals surface area contributed by atoms with E-state index in [2.05, 4.69) is 198 Å². The van der Waals surface area contributed by atoms with Crippen molar-refractivity contribution < 1.29 is 0 Å². The van der Waals surface area contributed by atoms with Crippen LogP contribution in [0.25, 0.3) is 115 Å². The fourth-order valence-corrected chi connectivity index (χ4v) is 12.3. The number of hydrogen-bond acceptors (Lipinski definition) is 4. The molecule has 0 bridgehead atoms. The maximum absolute atomic E-state index is 6.78. The Morgan fingerprint density at radius 1 is 0.492 bits per heavy atom. The highest BCUT2D eigenvalue weighted by Crippen LogP contribution is 2.61. The smallest absolute Gasteiger partial charge is 0.226 e. The molecule has 294 valence electrons. The molecule has 1 unspecified atom stereocenters. The lowest BCUT2D eigenvalue weighted by atomic mass is 9.73. The van der Waals surface area contributed by atoms with Crippen LogP contribution in [0.1, 0.15) is 23.6 Å². The van der Waals surface area contributed by atoms with Gasteiger partial charge in [0.2, 0.25) is 5.28 Å². The molecule has 1 aliphatic heterocycles. The van der Waals surface area contributed by atoms with Crippen molar-refractivity contribution in [2.45, 2.75) is 12.3 Å². The van der Waals surface area contributed by atoms with Gasteiger partial charge in [0.1, 0.15) is 0 Å². The van der Waals surface area contributed by atoms with E-state index in [1.54, 1.807) is 11.3 Å². The summed E-state index contributed by atoms with van der Waals surface area (Å²) in [5.41, 5.74) is 16.5. The molecule has 0 spiro atoms. The van der Waals surface area contributed by atoms with E-state index in [4.69, 9.17) is 21.6 Å². The van der Waals surface area contributed by atoms with Gasteiger partial charge < -0.3 is 4.57 Å². The monoisotopic (exact) mass is 840 g/mol. The summed E-state index contributed by atoms with van der Waals surface area (Å²) in [6, 6.07) is 66.5. The van der Waals surface area contributed by atoms with Crippen molar-refractivity contribution in [1.82, 2.24) is 19.5 Å². The molecular weight excluding hydrogens is 808 g/mol. The summed E-state index contributed by atoms with van der Waals surface area (Å²) >= 11 is 8.53. The quantitative estimate of drug-likeness (QED) is 0.177. The number of benzene rings is 9. The van der Waals surface area contributed by atoms with Crippen LogP contribution < -0.4 is 0 Å². The molecule has 9 aromatic carbocycles. The van der Waals surface area contributed by atoms with Crippen molar-refractivity contribution in [2.24, 2.45) is 0 Å². The van der Waals surface area contributed by atoms with Gasteiger partial charge in [-0.15, -0.1) is 11.3 Å². The first kappa shape index (κ1) is 35.2. The van der Waals surface area contributed by atoms with Crippen molar-refractivity contribution >= 4 is 75.7 Å². The number of halogens is 1. The fourth-order valence-electron chi connectivity index (χ4n) is 11.0. The molecule has 1 atom stereocenters. The van der Waals surface area contributed by atoms with Crippen molar-refractivity contribution in [1.29, 1.82) is 0 Å². The van der Waals surface area contributed by atoms with Crippen molar-refractivity contribution in [3.63, 3.8) is 0 Å². The lowest BCUT2D eigenvalue weighted by Gasteiger charge is -2.29. The summed E-state index contributed by atoms with van der Waals surface area (Å²) < 4.78 is 4.89. The van der Waals surface area contributed by atoms with Gasteiger partial charge in [-0.05, 0) is 111 Å². The standard InChI is InChI=1S/C57H33ClN4S/c1-57(35-14-3-2-4-15-35)45-28-27-40-37-16-5-8-22-47(37)62-48-23-9-6-17-38(48)44-30-34(31-46(57)50(44)51(45)52(40)62)36-19-11-13-32-25-26-33(29-43(32)36)54-59-55(61-56(58)60-54)42-21-12-20-41-39-18-7-10-24-49(39)63-53(41)42/h2-31H,1H3. The molecule has 4 nitrogen and oxygen atoms in total. The molecule has 12 aromatic rings. The minimum absolute atomic E-state index is 0.168. The van der Waals surface area contributed by atoms with Gasteiger partial charge in [-0.1, -0.05) is 140 Å². The lowest BCUT2D eigenvalue weighted by Crippen LogP contribution is -2.22. The Kier molecular flexibility index (Phi) is 7.15. The Morgan fingerprint density at radius 3 is 2.16 bits per heavy atom. The summed E-state index contributed by atoms with van der Waals surface area (Å²) in [5.74, 6) is 1.11. The normalized spacial score (nSPS) is 14.9. The van der Waals surface area contributed by atoms with Crippen molar-refractivity contribution in [2.75, 3.05) is 0 Å². The van der Waals surface area contributed by atoms with Crippen LogP contribution in [0, 0.1) is 0 Å². The number of rotatable bonds is 4. The molecular formula is C57H33ClN4S. The largest absolute Gasteiger partial charge is 0.308 e. The van der Waals surface area contributed by atoms with Gasteiger partial charge in [-0.3, -0.25) is 0 Å². The molecule has 3 aromatic heterocycles. The van der Waals surface area contributed by atoms with Gasteiger partial charge in [0.15, 0.2) is 11.6 Å². The number of aromatic nitrogens is 4. The topological polar surface area (TPSA) is 43.6 Å². The summed E-state index contributed by atoms with van der Waals surface area (Å²) in [5, 5.41) is 7.39. The number of nitrogens with zero attached hydrogens (tertiary/aromatic N) is 4. The summed E-state index contributed by atoms with van der Waals surface area (Å²) in [7, 11) is 0. The maximum atomic E-state index is 6.78. The third-order valence-corrected chi connectivity index (χ3v) is 15.2. The first-order valence-corrected chi connectivity index (χ1v) is 22.5. The molecule has 0 amide bonds. The molecule has 0 radical (unpaired) electrons. The fraction of sp³-hybridized carbons (Fsp3) is 0.0351. The van der Waals surface area contributed by atoms with E-state index in [-0.39, 0.29) is 5.28 Å². The molecule has 6 heteroatoms. The summed E-state index contributed by atoms with van der Waals surface area (Å²) in [6.07, 6.45) is 0. The molecule has 0 saturated heterocycles. The molecule has 0 N–H and O–H groups in total. The zero-order valence-corrected chi connectivity index (χ0v) is 35.5. The van der Waals surface area contributed by atoms with Gasteiger partial charge >= 0.3 is 0 Å². The Balaban J connectivity index is 1.01. The van der Waals surface area contributed by atoms with Crippen LogP contribution in [0.2, 0.25) is 5.28 Å². The van der Waals surface area contributed by atoms with Gasteiger partial charge in [-0.2, -0.15) is 9.97 Å². The Hall–Kier alpha value is -7.44. The van der Waals surface area contributed by atoms with E-state index in [1.807, 2.05) is 0 Å². The zero-order valence-electron chi connectivity index (χ0n) is 33.9. The Bertz CT molecular complexity index is 3960. The SMILES string of the molecule is CC1(c2ccccc2)c2cc(-c3cccc4ccc(-c5nc(Cl)nc(-c6cccc7c6sc6ccccc67)n5)cc34)cc3c2-c2c1ccc1c4ccccc4n(c21)-c1ccccc1-3. The highest BCUT2D eigenvalue weighted by molar-refractivity contribution is 7.26. The molecule has 4 heterocycles. The second-order valence-corrected chi connectivity index (χ2v) is 18.4. The van der Waals surface area contributed by atoms with Gasteiger partial charge in [0.25, 0.3) is 0 Å². The molecule has 2 aliphatic rings. The average Bonchev–Trinajstić information content (AvgIpc) is 3.94. The number of thiophene rings is 1. The molecule has 0 saturated carbocycles. The summed E-state index contributed by atoms with van der Waals surface area (Å²) in [4.78, 5) is 14.5. The predicted molar refractivity (Wildman–Crippen MR) is 262 cm³/mol. The van der Waals surface area contributed by atoms with Gasteiger partial charge in [0.05, 0.1) is 16.7 Å². The zero-order chi connectivity index (χ0) is 41.6. The van der Waals surface area contributed by atoms with Crippen molar-refractivity contribution in [3.8, 4) is 61.8 Å². The van der Waals surface area contributed by atoms with Crippen LogP contribution in [0.4, 0.5) is 0 Å². The van der Waals surface area contributed by atoms with Crippen LogP contribution in [-0.2, 0) is 5.41 Å². The minimum atomic E-state index is -0.413. The van der Waals surface area contributed by atoms with Gasteiger partial charge in [-0.25, -0.2) is 4.98 Å². The van der Waals surface area contributed by atoms with E-state index in [0.29, 0.717) is 11.6 Å². The number of hydrogen-bond donors (Lipinski definition) is 0. The van der Waals surface area contributed by atoms with E-state index >= 15 is 0 Å². The summed E-state index contributed by atoms with van der Waals surface area (Å²) in [6.45, 7) is 2.43. The van der Waals surface area contributed by atoms with Crippen molar-refractivity contribution in [3.05, 3.63) is 204 Å². The van der Waals surface area contributed by atoms with E-state index in [0.717, 1.165) is 37.7 Å². The van der Waals surface area contributed by atoms with Crippen LogP contribution >= 0.6 is 22.9 Å². The molecule has 14 rings (SSSR count). The number of para-hydroxylation sites is 2. The van der Waals surface area contributed by atoms with E-state index in [9.17, 15) is 0 Å². The number of fused-ring (bicyclic) bond motifs is 10. The van der Waals surface area contributed by atoms with E-state index in [1.165, 1.54) is 81.9 Å². The molecule has 1 aliphatic carbocycles. The molecule has 0 fully saturated rings. The van der Waals surface area contributed by atoms with Crippen LogP contribution in [0.5, 0.6) is 0 Å². The van der Waals surface area contributed by atoms with Crippen LogP contribution in [-0.4, -0.2) is 19.5 Å². The first-order valence-electron chi connectivity index (χ1n) is 21.3. The third kappa shape index (κ3) is 4.78. The van der Waals surface area contributed by atoms with Crippen LogP contribution in [0.3, 0.4) is 0 Å². The first-order chi connectivity index (χ1) is 31.0. The van der Waals surface area contributed by atoms with Gasteiger partial charge in [0, 0.05) is 58.6 Å². The molecule has 63 heavy (non-hydrogen) atoms. The highest BCUT2D eigenvalue weighted by Gasteiger charge is 2.45. The minimum Gasteiger partial charge on any atom is -0.308 e. The van der Waals surface area contributed by atoms with E-state index < -0.39 is 5.41 Å². The maximum Gasteiger partial charge on any atom is 0.226 e. The highest BCUT2D eigenvalue weighted by atomic mass is 35.5. The Labute approximate surface area is 371 Å². The predicted octanol–water partition coefficient (Wildman–Crippen LogP) is 15.5. The second kappa shape index (κ2) is 12.8.